The Morgan fingerprint density at radius 1 is 0.882 bits per heavy atom. The van der Waals surface area contributed by atoms with Crippen LogP contribution in [0.3, 0.4) is 0 Å². The fourth-order valence-electron chi connectivity index (χ4n) is 5.35. The van der Waals surface area contributed by atoms with Gasteiger partial charge in [0, 0.05) is 50.4 Å². The molecule has 1 aromatic rings. The number of benzene rings is 1. The number of amides is 3. The number of piperidine rings is 1. The molecule has 3 amide bonds. The van der Waals surface area contributed by atoms with Crippen LogP contribution in [-0.4, -0.2) is 79.3 Å². The lowest BCUT2D eigenvalue weighted by atomic mass is 9.96. The van der Waals surface area contributed by atoms with Gasteiger partial charge in [0.05, 0.1) is 4.90 Å². The summed E-state index contributed by atoms with van der Waals surface area (Å²) >= 11 is 0. The molecule has 1 unspecified atom stereocenters. The highest BCUT2D eigenvalue weighted by molar-refractivity contribution is 7.89. The highest BCUT2D eigenvalue weighted by atomic mass is 32.2. The lowest BCUT2D eigenvalue weighted by molar-refractivity contribution is 0.0661. The molecular weight excluding hydrogens is 452 g/mol. The van der Waals surface area contributed by atoms with Crippen LogP contribution >= 0.6 is 0 Å². The lowest BCUT2D eigenvalue weighted by Gasteiger charge is -2.36. The Labute approximate surface area is 203 Å². The third kappa shape index (κ3) is 5.40. The van der Waals surface area contributed by atoms with Crippen molar-refractivity contribution in [3.8, 4) is 0 Å². The van der Waals surface area contributed by atoms with Crippen molar-refractivity contribution in [2.75, 3.05) is 32.7 Å². The van der Waals surface area contributed by atoms with E-state index in [2.05, 4.69) is 5.32 Å². The van der Waals surface area contributed by atoms with Crippen molar-refractivity contribution in [1.29, 1.82) is 0 Å². The molecule has 1 aromatic carbocycles. The summed E-state index contributed by atoms with van der Waals surface area (Å²) in [4.78, 5) is 29.7. The van der Waals surface area contributed by atoms with Crippen LogP contribution in [0, 0.1) is 6.92 Å². The maximum atomic E-state index is 13.3. The van der Waals surface area contributed by atoms with Gasteiger partial charge in [0.1, 0.15) is 0 Å². The average molecular weight is 491 g/mol. The summed E-state index contributed by atoms with van der Waals surface area (Å²) in [5.74, 6) is -0.173. The lowest BCUT2D eigenvalue weighted by Crippen LogP contribution is -2.54. The third-order valence-electron chi connectivity index (χ3n) is 7.57. The van der Waals surface area contributed by atoms with Crippen molar-refractivity contribution in [3.63, 3.8) is 0 Å². The largest absolute Gasteiger partial charge is 0.335 e. The van der Waals surface area contributed by atoms with Gasteiger partial charge in [0.25, 0.3) is 5.91 Å². The molecule has 9 heteroatoms. The summed E-state index contributed by atoms with van der Waals surface area (Å²) in [5.41, 5.74) is 1.18. The predicted octanol–water partition coefficient (Wildman–Crippen LogP) is 3.36. The first kappa shape index (κ1) is 25.0. The number of sulfonamides is 1. The number of rotatable bonds is 4. The van der Waals surface area contributed by atoms with E-state index in [1.165, 1.54) is 12.5 Å². The molecular formula is C25H38N4O4S. The maximum absolute atomic E-state index is 13.3. The Balaban J connectivity index is 1.41. The molecule has 188 valence electrons. The first-order valence-corrected chi connectivity index (χ1v) is 14.2. The van der Waals surface area contributed by atoms with E-state index in [9.17, 15) is 18.0 Å². The van der Waals surface area contributed by atoms with Crippen molar-refractivity contribution in [2.45, 2.75) is 82.2 Å². The van der Waals surface area contributed by atoms with Crippen LogP contribution < -0.4 is 5.32 Å². The minimum atomic E-state index is -3.65. The molecule has 0 bridgehead atoms. The van der Waals surface area contributed by atoms with Crippen LogP contribution in [0.25, 0.3) is 0 Å². The molecule has 4 rings (SSSR count). The van der Waals surface area contributed by atoms with Crippen molar-refractivity contribution in [2.24, 2.45) is 0 Å². The van der Waals surface area contributed by atoms with Gasteiger partial charge in [0.2, 0.25) is 10.0 Å². The van der Waals surface area contributed by atoms with Crippen LogP contribution in [0.15, 0.2) is 23.1 Å². The smallest absolute Gasteiger partial charge is 0.317 e. The van der Waals surface area contributed by atoms with E-state index >= 15 is 0 Å². The summed E-state index contributed by atoms with van der Waals surface area (Å²) in [6, 6.07) is 5.05. The van der Waals surface area contributed by atoms with Crippen LogP contribution in [0.2, 0.25) is 0 Å². The summed E-state index contributed by atoms with van der Waals surface area (Å²) in [7, 11) is -3.65. The highest BCUT2D eigenvalue weighted by Crippen LogP contribution is 2.27. The van der Waals surface area contributed by atoms with Crippen molar-refractivity contribution in [1.82, 2.24) is 19.4 Å². The number of carbonyl (C=O) groups is 2. The topological polar surface area (TPSA) is 90.0 Å². The van der Waals surface area contributed by atoms with Crippen LogP contribution in [0.5, 0.6) is 0 Å². The number of hydrogen-bond acceptors (Lipinski definition) is 4. The summed E-state index contributed by atoms with van der Waals surface area (Å²) in [6.45, 7) is 6.14. The van der Waals surface area contributed by atoms with E-state index in [1.54, 1.807) is 26.2 Å². The fourth-order valence-corrected chi connectivity index (χ4v) is 7.08. The molecule has 1 saturated carbocycles. The van der Waals surface area contributed by atoms with Crippen molar-refractivity contribution >= 4 is 22.0 Å². The predicted molar refractivity (Wildman–Crippen MR) is 131 cm³/mol. The third-order valence-corrected chi connectivity index (χ3v) is 9.58. The second-order valence-corrected chi connectivity index (χ2v) is 11.9. The molecule has 2 heterocycles. The standard InChI is InChI=1S/C25H38N4O4S/c1-19-11-12-22(34(32,33)29-13-7-6-8-20(29)2)18-23(19)24(30)27-14-16-28(17-15-27)25(31)26-21-9-4-3-5-10-21/h11-12,18,20-21H,3-10,13-17H2,1-2H3,(H,26,31). The Hall–Kier alpha value is -2.13. The summed E-state index contributed by atoms with van der Waals surface area (Å²) < 4.78 is 28.2. The van der Waals surface area contributed by atoms with Gasteiger partial charge in [-0.15, -0.1) is 0 Å². The van der Waals surface area contributed by atoms with Gasteiger partial charge in [-0.2, -0.15) is 4.31 Å². The Bertz CT molecular complexity index is 998. The van der Waals surface area contributed by atoms with Gasteiger partial charge < -0.3 is 15.1 Å². The Morgan fingerprint density at radius 2 is 1.53 bits per heavy atom. The molecule has 3 aliphatic rings. The average Bonchev–Trinajstić information content (AvgIpc) is 2.84. The molecule has 1 atom stereocenters. The van der Waals surface area contributed by atoms with Gasteiger partial charge in [-0.25, -0.2) is 13.2 Å². The molecule has 2 saturated heterocycles. The summed E-state index contributed by atoms with van der Waals surface area (Å²) in [6.07, 6.45) is 8.41. The van der Waals surface area contributed by atoms with Crippen molar-refractivity contribution < 1.29 is 18.0 Å². The number of nitrogens with one attached hydrogen (secondary N) is 1. The zero-order valence-corrected chi connectivity index (χ0v) is 21.3. The van der Waals surface area contributed by atoms with E-state index in [-0.39, 0.29) is 28.9 Å². The first-order chi connectivity index (χ1) is 16.3. The number of hydrogen-bond donors (Lipinski definition) is 1. The molecule has 2 aliphatic heterocycles. The maximum Gasteiger partial charge on any atom is 0.317 e. The van der Waals surface area contributed by atoms with E-state index in [0.717, 1.165) is 50.5 Å². The molecule has 1 aliphatic carbocycles. The quantitative estimate of drug-likeness (QED) is 0.701. The van der Waals surface area contributed by atoms with Gasteiger partial charge in [-0.3, -0.25) is 4.79 Å². The normalized spacial score (nSPS) is 23.1. The SMILES string of the molecule is Cc1ccc(S(=O)(=O)N2CCCCC2C)cc1C(=O)N1CCN(C(=O)NC2CCCCC2)CC1. The van der Waals surface area contributed by atoms with Gasteiger partial charge in [-0.1, -0.05) is 31.7 Å². The number of carbonyl (C=O) groups excluding carboxylic acids is 2. The monoisotopic (exact) mass is 490 g/mol. The van der Waals surface area contributed by atoms with E-state index in [4.69, 9.17) is 0 Å². The summed E-state index contributed by atoms with van der Waals surface area (Å²) in [5, 5.41) is 3.14. The minimum absolute atomic E-state index is 0.0351. The molecule has 0 spiro atoms. The van der Waals surface area contributed by atoms with E-state index in [0.29, 0.717) is 38.3 Å². The van der Waals surface area contributed by atoms with E-state index < -0.39 is 10.0 Å². The minimum Gasteiger partial charge on any atom is -0.335 e. The molecule has 0 radical (unpaired) electrons. The van der Waals surface area contributed by atoms with Crippen molar-refractivity contribution in [3.05, 3.63) is 29.3 Å². The van der Waals surface area contributed by atoms with Gasteiger partial charge in [-0.05, 0) is 57.2 Å². The fraction of sp³-hybridized carbons (Fsp3) is 0.680. The van der Waals surface area contributed by atoms with Gasteiger partial charge >= 0.3 is 6.03 Å². The Morgan fingerprint density at radius 3 is 2.21 bits per heavy atom. The number of piperazine rings is 1. The molecule has 3 fully saturated rings. The van der Waals surface area contributed by atoms with E-state index in [1.807, 2.05) is 13.8 Å². The number of aryl methyl sites for hydroxylation is 1. The molecule has 1 N–H and O–H groups in total. The highest BCUT2D eigenvalue weighted by Gasteiger charge is 2.32. The first-order valence-electron chi connectivity index (χ1n) is 12.7. The number of nitrogens with zero attached hydrogens (tertiary/aromatic N) is 3. The van der Waals surface area contributed by atoms with Crippen LogP contribution in [0.1, 0.15) is 74.2 Å². The zero-order chi connectivity index (χ0) is 24.3. The molecule has 34 heavy (non-hydrogen) atoms. The Kier molecular flexibility index (Phi) is 7.82. The zero-order valence-electron chi connectivity index (χ0n) is 20.5. The van der Waals surface area contributed by atoms with Crippen LogP contribution in [-0.2, 0) is 10.0 Å². The number of urea groups is 1. The molecule has 8 nitrogen and oxygen atoms in total. The second kappa shape index (κ2) is 10.6. The second-order valence-electron chi connectivity index (χ2n) is 10.0. The molecule has 0 aromatic heterocycles. The van der Waals surface area contributed by atoms with Crippen LogP contribution in [0.4, 0.5) is 4.79 Å². The van der Waals surface area contributed by atoms with Gasteiger partial charge in [0.15, 0.2) is 0 Å².